The maximum absolute atomic E-state index is 6.09. The second-order valence-electron chi connectivity index (χ2n) is 4.30. The monoisotopic (exact) mass is 257 g/mol. The summed E-state index contributed by atoms with van der Waals surface area (Å²) in [6.45, 7) is 0.427. The van der Waals surface area contributed by atoms with Gasteiger partial charge in [0.1, 0.15) is 0 Å². The van der Waals surface area contributed by atoms with E-state index in [4.69, 9.17) is 24.7 Å². The molecule has 0 saturated heterocycles. The molecule has 19 heavy (non-hydrogen) atoms. The molecule has 2 aliphatic rings. The van der Waals surface area contributed by atoms with E-state index in [0.717, 1.165) is 11.1 Å². The summed E-state index contributed by atoms with van der Waals surface area (Å²) in [5.74, 6) is 2.76. The summed E-state index contributed by atoms with van der Waals surface area (Å²) in [6.07, 6.45) is 0. The van der Waals surface area contributed by atoms with Crippen LogP contribution in [0.25, 0.3) is 11.1 Å². The molecule has 0 aliphatic carbocycles. The van der Waals surface area contributed by atoms with Gasteiger partial charge in [0, 0.05) is 11.3 Å². The molecule has 2 heterocycles. The summed E-state index contributed by atoms with van der Waals surface area (Å²) in [5, 5.41) is 0. The average Bonchev–Trinajstić information content (AvgIpc) is 3.06. The minimum atomic E-state index is 0.207. The summed E-state index contributed by atoms with van der Waals surface area (Å²) in [7, 11) is 0. The van der Waals surface area contributed by atoms with Crippen LogP contribution in [-0.2, 0) is 0 Å². The number of fused-ring (bicyclic) bond motifs is 2. The molecule has 2 aromatic carbocycles. The predicted octanol–water partition coefficient (Wildman–Crippen LogP) is 2.39. The van der Waals surface area contributed by atoms with Gasteiger partial charge in [-0.3, -0.25) is 0 Å². The summed E-state index contributed by atoms with van der Waals surface area (Å²) in [6, 6.07) is 9.31. The highest BCUT2D eigenvalue weighted by Gasteiger charge is 2.26. The lowest BCUT2D eigenvalue weighted by molar-refractivity contribution is 0.173. The first-order valence-electron chi connectivity index (χ1n) is 5.91. The normalized spacial score (nSPS) is 14.7. The third-order valence-electron chi connectivity index (χ3n) is 3.24. The van der Waals surface area contributed by atoms with E-state index in [1.54, 1.807) is 6.07 Å². The number of ether oxygens (including phenoxy) is 4. The van der Waals surface area contributed by atoms with Gasteiger partial charge in [-0.15, -0.1) is 0 Å². The lowest BCUT2D eigenvalue weighted by atomic mass is 10.0. The van der Waals surface area contributed by atoms with Crippen LogP contribution in [-0.4, -0.2) is 13.6 Å². The summed E-state index contributed by atoms with van der Waals surface area (Å²) < 4.78 is 21.8. The van der Waals surface area contributed by atoms with Crippen molar-refractivity contribution in [3.8, 4) is 34.1 Å². The first kappa shape index (κ1) is 10.4. The van der Waals surface area contributed by atoms with Gasteiger partial charge in [0.2, 0.25) is 13.6 Å². The van der Waals surface area contributed by atoms with Crippen molar-refractivity contribution >= 4 is 5.69 Å². The summed E-state index contributed by atoms with van der Waals surface area (Å²) >= 11 is 0. The van der Waals surface area contributed by atoms with E-state index in [0.29, 0.717) is 28.7 Å². The number of nitrogens with two attached hydrogens (primary N) is 1. The van der Waals surface area contributed by atoms with Gasteiger partial charge < -0.3 is 24.7 Å². The Morgan fingerprint density at radius 1 is 0.789 bits per heavy atom. The van der Waals surface area contributed by atoms with Crippen LogP contribution in [0.2, 0.25) is 0 Å². The summed E-state index contributed by atoms with van der Waals surface area (Å²) in [4.78, 5) is 0. The molecule has 0 radical (unpaired) electrons. The Hall–Kier alpha value is -2.56. The van der Waals surface area contributed by atoms with Crippen molar-refractivity contribution in [1.29, 1.82) is 0 Å². The van der Waals surface area contributed by atoms with Crippen molar-refractivity contribution in [2.75, 3.05) is 19.3 Å². The third kappa shape index (κ3) is 1.41. The largest absolute Gasteiger partial charge is 0.454 e. The molecule has 96 valence electrons. The minimum absolute atomic E-state index is 0.207. The Labute approximate surface area is 109 Å². The molecule has 2 aliphatic heterocycles. The zero-order chi connectivity index (χ0) is 12.8. The van der Waals surface area contributed by atoms with Gasteiger partial charge in [-0.05, 0) is 18.2 Å². The Bertz CT molecular complexity index is 669. The number of benzene rings is 2. The van der Waals surface area contributed by atoms with Crippen molar-refractivity contribution in [2.24, 2.45) is 0 Å². The van der Waals surface area contributed by atoms with Crippen molar-refractivity contribution in [3.63, 3.8) is 0 Å². The smallest absolute Gasteiger partial charge is 0.231 e. The molecule has 0 spiro atoms. The van der Waals surface area contributed by atoms with Gasteiger partial charge >= 0.3 is 0 Å². The van der Waals surface area contributed by atoms with Gasteiger partial charge in [-0.1, -0.05) is 12.1 Å². The Balaban J connectivity index is 1.99. The molecule has 0 amide bonds. The number of rotatable bonds is 1. The molecule has 0 unspecified atom stereocenters. The van der Waals surface area contributed by atoms with E-state index in [9.17, 15) is 0 Å². The van der Waals surface area contributed by atoms with E-state index in [1.165, 1.54) is 0 Å². The van der Waals surface area contributed by atoms with Crippen LogP contribution >= 0.6 is 0 Å². The average molecular weight is 257 g/mol. The van der Waals surface area contributed by atoms with Crippen LogP contribution in [0.3, 0.4) is 0 Å². The molecule has 2 aromatic rings. The standard InChI is InChI=1S/C14H11NO4/c15-9-4-5-11-14(19-7-17-11)12(9)8-2-1-3-10-13(8)18-6-16-10/h1-5H,6-7,15H2. The molecule has 0 fully saturated rings. The van der Waals surface area contributed by atoms with E-state index in [1.807, 2.05) is 24.3 Å². The molecule has 0 atom stereocenters. The lowest BCUT2D eigenvalue weighted by Gasteiger charge is -2.11. The SMILES string of the molecule is Nc1ccc2c(c1-c1cccc3c1OCO3)OCO2. The number of anilines is 1. The first-order chi connectivity index (χ1) is 9.34. The van der Waals surface area contributed by atoms with Crippen LogP contribution in [0, 0.1) is 0 Å². The van der Waals surface area contributed by atoms with E-state index >= 15 is 0 Å². The Kier molecular flexibility index (Phi) is 2.03. The Morgan fingerprint density at radius 2 is 1.53 bits per heavy atom. The second kappa shape index (κ2) is 3.71. The van der Waals surface area contributed by atoms with E-state index in [2.05, 4.69) is 0 Å². The molecular formula is C14H11NO4. The van der Waals surface area contributed by atoms with Crippen LogP contribution in [0.4, 0.5) is 5.69 Å². The molecular weight excluding hydrogens is 246 g/mol. The molecule has 0 bridgehead atoms. The van der Waals surface area contributed by atoms with Crippen molar-refractivity contribution < 1.29 is 18.9 Å². The fourth-order valence-electron chi connectivity index (χ4n) is 2.39. The molecule has 5 nitrogen and oxygen atoms in total. The van der Waals surface area contributed by atoms with Crippen LogP contribution in [0.15, 0.2) is 30.3 Å². The maximum atomic E-state index is 6.09. The fraction of sp³-hybridized carbons (Fsp3) is 0.143. The number of hydrogen-bond donors (Lipinski definition) is 1. The molecule has 5 heteroatoms. The van der Waals surface area contributed by atoms with Gasteiger partial charge in [0.15, 0.2) is 23.0 Å². The maximum Gasteiger partial charge on any atom is 0.231 e. The Morgan fingerprint density at radius 3 is 2.37 bits per heavy atom. The topological polar surface area (TPSA) is 62.9 Å². The van der Waals surface area contributed by atoms with E-state index in [-0.39, 0.29) is 13.6 Å². The van der Waals surface area contributed by atoms with E-state index < -0.39 is 0 Å². The third-order valence-corrected chi connectivity index (χ3v) is 3.24. The van der Waals surface area contributed by atoms with Gasteiger partial charge in [0.05, 0.1) is 5.56 Å². The molecule has 2 N–H and O–H groups in total. The molecule has 4 rings (SSSR count). The van der Waals surface area contributed by atoms with Gasteiger partial charge in [-0.25, -0.2) is 0 Å². The first-order valence-corrected chi connectivity index (χ1v) is 5.91. The second-order valence-corrected chi connectivity index (χ2v) is 4.30. The lowest BCUT2D eigenvalue weighted by Crippen LogP contribution is -1.96. The zero-order valence-corrected chi connectivity index (χ0v) is 10.0. The highest BCUT2D eigenvalue weighted by atomic mass is 16.7. The number of para-hydroxylation sites is 1. The van der Waals surface area contributed by atoms with Crippen molar-refractivity contribution in [2.45, 2.75) is 0 Å². The summed E-state index contributed by atoms with van der Waals surface area (Å²) in [5.41, 5.74) is 8.35. The minimum Gasteiger partial charge on any atom is -0.454 e. The zero-order valence-electron chi connectivity index (χ0n) is 10.0. The van der Waals surface area contributed by atoms with Crippen molar-refractivity contribution in [3.05, 3.63) is 30.3 Å². The molecule has 0 saturated carbocycles. The van der Waals surface area contributed by atoms with Crippen LogP contribution in [0.1, 0.15) is 0 Å². The highest BCUT2D eigenvalue weighted by Crippen LogP contribution is 2.50. The number of nitrogen functional groups attached to an aromatic ring is 1. The predicted molar refractivity (Wildman–Crippen MR) is 68.5 cm³/mol. The molecule has 0 aromatic heterocycles. The fourth-order valence-corrected chi connectivity index (χ4v) is 2.39. The van der Waals surface area contributed by atoms with Crippen molar-refractivity contribution in [1.82, 2.24) is 0 Å². The van der Waals surface area contributed by atoms with Crippen LogP contribution in [0.5, 0.6) is 23.0 Å². The van der Waals surface area contributed by atoms with Gasteiger partial charge in [0.25, 0.3) is 0 Å². The highest BCUT2D eigenvalue weighted by molar-refractivity contribution is 5.89. The van der Waals surface area contributed by atoms with Crippen LogP contribution < -0.4 is 24.7 Å². The quantitative estimate of drug-likeness (QED) is 0.795. The van der Waals surface area contributed by atoms with Gasteiger partial charge in [-0.2, -0.15) is 0 Å². The number of hydrogen-bond acceptors (Lipinski definition) is 5.